The summed E-state index contributed by atoms with van der Waals surface area (Å²) in [6.45, 7) is 15.1. The number of hydrogen-bond acceptors (Lipinski definition) is 2. The van der Waals surface area contributed by atoms with Gasteiger partial charge in [0, 0.05) is 11.4 Å². The molecule has 0 atom stereocenters. The lowest BCUT2D eigenvalue weighted by atomic mass is 10.3. The molecule has 0 aliphatic heterocycles. The minimum atomic E-state index is 0.684. The SMILES string of the molecule is C=C/C(C)=N\C(=C)/C(C)=N/C(C)=C\C. The van der Waals surface area contributed by atoms with Gasteiger partial charge in [0.25, 0.3) is 0 Å². The standard InChI is InChI=1S/C12H18N2/c1-7-9(3)13-11(5)12(6)14-10(4)8-2/h7-8H,1,5H2,2-4,6H3/b10-8-,13-9-,14-12+. The zero-order valence-electron chi connectivity index (χ0n) is 9.46. The molecule has 0 heterocycles. The topological polar surface area (TPSA) is 24.7 Å². The van der Waals surface area contributed by atoms with E-state index in [1.807, 2.05) is 33.8 Å². The van der Waals surface area contributed by atoms with Crippen LogP contribution in [0.3, 0.4) is 0 Å². The van der Waals surface area contributed by atoms with Crippen molar-refractivity contribution in [2.45, 2.75) is 27.7 Å². The lowest BCUT2D eigenvalue weighted by Crippen LogP contribution is -1.96. The molecule has 0 bridgehead atoms. The highest BCUT2D eigenvalue weighted by molar-refractivity contribution is 6.02. The third-order valence-corrected chi connectivity index (χ3v) is 1.79. The molecule has 0 aromatic rings. The molecule has 0 aliphatic rings. The van der Waals surface area contributed by atoms with Crippen LogP contribution in [0.1, 0.15) is 27.7 Å². The van der Waals surface area contributed by atoms with Gasteiger partial charge in [0.05, 0.1) is 11.4 Å². The molecule has 0 saturated heterocycles. The summed E-state index contributed by atoms with van der Waals surface area (Å²) in [5.41, 5.74) is 3.34. The summed E-state index contributed by atoms with van der Waals surface area (Å²) >= 11 is 0. The van der Waals surface area contributed by atoms with Gasteiger partial charge in [-0.1, -0.05) is 19.2 Å². The Balaban J connectivity index is 4.72. The van der Waals surface area contributed by atoms with Crippen molar-refractivity contribution in [2.75, 3.05) is 0 Å². The fourth-order valence-corrected chi connectivity index (χ4v) is 0.733. The minimum absolute atomic E-state index is 0.684. The Hall–Kier alpha value is -1.44. The Morgan fingerprint density at radius 1 is 1.14 bits per heavy atom. The molecule has 14 heavy (non-hydrogen) atoms. The van der Waals surface area contributed by atoms with Gasteiger partial charge in [-0.3, -0.25) is 9.98 Å². The van der Waals surface area contributed by atoms with Crippen molar-refractivity contribution in [3.05, 3.63) is 36.7 Å². The zero-order chi connectivity index (χ0) is 11.1. The fraction of sp³-hybridized carbons (Fsp3) is 0.333. The summed E-state index contributed by atoms with van der Waals surface area (Å²) in [5.74, 6) is 0. The van der Waals surface area contributed by atoms with Crippen LogP contribution in [0, 0.1) is 0 Å². The van der Waals surface area contributed by atoms with Crippen LogP contribution in [-0.2, 0) is 0 Å². The van der Waals surface area contributed by atoms with Crippen LogP contribution in [0.5, 0.6) is 0 Å². The maximum atomic E-state index is 4.32. The second kappa shape index (κ2) is 6.08. The molecule has 76 valence electrons. The molecule has 0 unspecified atom stereocenters. The number of hydrogen-bond donors (Lipinski definition) is 0. The lowest BCUT2D eigenvalue weighted by Gasteiger charge is -2.00. The summed E-state index contributed by atoms with van der Waals surface area (Å²) < 4.78 is 0. The molecule has 0 saturated carbocycles. The van der Waals surface area contributed by atoms with E-state index < -0.39 is 0 Å². The molecule has 0 amide bonds. The van der Waals surface area contributed by atoms with Crippen LogP contribution in [0.15, 0.2) is 46.7 Å². The van der Waals surface area contributed by atoms with Gasteiger partial charge in [-0.05, 0) is 33.8 Å². The summed E-state index contributed by atoms with van der Waals surface area (Å²) in [6.07, 6.45) is 3.64. The second-order valence-corrected chi connectivity index (χ2v) is 3.03. The highest BCUT2D eigenvalue weighted by Crippen LogP contribution is 2.03. The first kappa shape index (κ1) is 12.6. The van der Waals surface area contributed by atoms with Crippen molar-refractivity contribution in [3.63, 3.8) is 0 Å². The Morgan fingerprint density at radius 3 is 2.14 bits per heavy atom. The van der Waals surface area contributed by atoms with E-state index >= 15 is 0 Å². The normalized spacial score (nSPS) is 14.1. The van der Waals surface area contributed by atoms with Gasteiger partial charge in [0.2, 0.25) is 0 Å². The number of aliphatic imine (C=N–C) groups is 2. The molecule has 0 N–H and O–H groups in total. The van der Waals surface area contributed by atoms with Crippen LogP contribution >= 0.6 is 0 Å². The Morgan fingerprint density at radius 2 is 1.71 bits per heavy atom. The zero-order valence-corrected chi connectivity index (χ0v) is 9.46. The van der Waals surface area contributed by atoms with Crippen molar-refractivity contribution in [2.24, 2.45) is 9.98 Å². The van der Waals surface area contributed by atoms with E-state index in [1.54, 1.807) is 6.08 Å². The summed E-state index contributed by atoms with van der Waals surface area (Å²) in [7, 11) is 0. The number of allylic oxidation sites excluding steroid dienone is 4. The molecule has 0 aromatic heterocycles. The first-order valence-electron chi connectivity index (χ1n) is 4.56. The molecule has 0 rings (SSSR count). The van der Waals surface area contributed by atoms with E-state index in [1.165, 1.54) is 0 Å². The quantitative estimate of drug-likeness (QED) is 0.606. The Bertz CT molecular complexity index is 317. The van der Waals surface area contributed by atoms with Gasteiger partial charge in [0.15, 0.2) is 0 Å². The van der Waals surface area contributed by atoms with E-state index in [0.29, 0.717) is 5.70 Å². The molecule has 0 aliphatic carbocycles. The minimum Gasteiger partial charge on any atom is -0.257 e. The molecular weight excluding hydrogens is 172 g/mol. The fourth-order valence-electron chi connectivity index (χ4n) is 0.733. The van der Waals surface area contributed by atoms with Gasteiger partial charge in [-0.15, -0.1) is 0 Å². The van der Waals surface area contributed by atoms with Gasteiger partial charge >= 0.3 is 0 Å². The first-order chi connectivity index (χ1) is 6.51. The molecule has 0 spiro atoms. The highest BCUT2D eigenvalue weighted by Gasteiger charge is 1.96. The lowest BCUT2D eigenvalue weighted by molar-refractivity contribution is 1.26. The van der Waals surface area contributed by atoms with E-state index in [4.69, 9.17) is 0 Å². The monoisotopic (exact) mass is 190 g/mol. The average Bonchev–Trinajstić information content (AvgIpc) is 2.17. The van der Waals surface area contributed by atoms with E-state index in [9.17, 15) is 0 Å². The Labute approximate surface area is 86.5 Å². The summed E-state index contributed by atoms with van der Waals surface area (Å²) in [5, 5.41) is 0. The van der Waals surface area contributed by atoms with E-state index in [0.717, 1.165) is 17.1 Å². The van der Waals surface area contributed by atoms with Crippen LogP contribution in [0.25, 0.3) is 0 Å². The first-order valence-corrected chi connectivity index (χ1v) is 4.56. The molecule has 0 radical (unpaired) electrons. The molecule has 0 fully saturated rings. The molecule has 0 aromatic carbocycles. The maximum Gasteiger partial charge on any atom is 0.0773 e. The van der Waals surface area contributed by atoms with Crippen molar-refractivity contribution in [3.8, 4) is 0 Å². The molecule has 2 nitrogen and oxygen atoms in total. The van der Waals surface area contributed by atoms with Crippen LogP contribution in [0.4, 0.5) is 0 Å². The van der Waals surface area contributed by atoms with E-state index in [-0.39, 0.29) is 0 Å². The van der Waals surface area contributed by atoms with Crippen LogP contribution < -0.4 is 0 Å². The summed E-state index contributed by atoms with van der Waals surface area (Å²) in [6, 6.07) is 0. The third-order valence-electron chi connectivity index (χ3n) is 1.79. The van der Waals surface area contributed by atoms with Crippen molar-refractivity contribution >= 4 is 11.4 Å². The number of rotatable bonds is 4. The maximum absolute atomic E-state index is 4.32. The third kappa shape index (κ3) is 4.55. The van der Waals surface area contributed by atoms with Crippen LogP contribution in [0.2, 0.25) is 0 Å². The van der Waals surface area contributed by atoms with Gasteiger partial charge in [0.1, 0.15) is 0 Å². The largest absolute Gasteiger partial charge is 0.257 e. The van der Waals surface area contributed by atoms with Gasteiger partial charge in [-0.2, -0.15) is 0 Å². The Kier molecular flexibility index (Phi) is 5.46. The summed E-state index contributed by atoms with van der Waals surface area (Å²) in [4.78, 5) is 8.55. The predicted octanol–water partition coefficient (Wildman–Crippen LogP) is 3.53. The number of nitrogens with zero attached hydrogens (tertiary/aromatic N) is 2. The molecular formula is C12H18N2. The second-order valence-electron chi connectivity index (χ2n) is 3.03. The van der Waals surface area contributed by atoms with Crippen LogP contribution in [-0.4, -0.2) is 11.4 Å². The smallest absolute Gasteiger partial charge is 0.0773 e. The van der Waals surface area contributed by atoms with Gasteiger partial charge in [-0.25, -0.2) is 0 Å². The van der Waals surface area contributed by atoms with Gasteiger partial charge < -0.3 is 0 Å². The molecule has 2 heteroatoms. The highest BCUT2D eigenvalue weighted by atomic mass is 14.8. The average molecular weight is 190 g/mol. The van der Waals surface area contributed by atoms with Crippen molar-refractivity contribution in [1.29, 1.82) is 0 Å². The van der Waals surface area contributed by atoms with Crippen molar-refractivity contribution < 1.29 is 0 Å². The van der Waals surface area contributed by atoms with E-state index in [2.05, 4.69) is 23.1 Å². The van der Waals surface area contributed by atoms with Crippen molar-refractivity contribution in [1.82, 2.24) is 0 Å². The predicted molar refractivity (Wildman–Crippen MR) is 65.0 cm³/mol.